The Labute approximate surface area is 75.0 Å². The van der Waals surface area contributed by atoms with Gasteiger partial charge in [0.05, 0.1) is 5.56 Å². The summed E-state index contributed by atoms with van der Waals surface area (Å²) in [6.45, 7) is 1.31. The van der Waals surface area contributed by atoms with Crippen LogP contribution < -0.4 is 10.8 Å². The average Bonchev–Trinajstić information content (AvgIpc) is 2.04. The zero-order valence-electron chi connectivity index (χ0n) is 7.21. The van der Waals surface area contributed by atoms with Crippen molar-refractivity contribution in [2.24, 2.45) is 0 Å². The van der Waals surface area contributed by atoms with E-state index in [0.29, 0.717) is 0 Å². The molecule has 3 N–H and O–H groups in total. The Morgan fingerprint density at radius 1 is 1.54 bits per heavy atom. The molecule has 1 atom stereocenters. The van der Waals surface area contributed by atoms with Gasteiger partial charge in [-0.3, -0.25) is 0 Å². The molecular weight excluding hydrogens is 173 g/mol. The van der Waals surface area contributed by atoms with Crippen LogP contribution in [-0.2, 0) is 10.3 Å². The van der Waals surface area contributed by atoms with E-state index in [0.717, 1.165) is 0 Å². The van der Waals surface area contributed by atoms with Gasteiger partial charge in [-0.1, -0.05) is 12.1 Å². The van der Waals surface area contributed by atoms with Gasteiger partial charge in [0.1, 0.15) is 11.8 Å². The number of halogens is 1. The summed E-state index contributed by atoms with van der Waals surface area (Å²) < 4.78 is 13.1. The van der Waals surface area contributed by atoms with Crippen LogP contribution in [0.15, 0.2) is 24.3 Å². The molecule has 0 aromatic heterocycles. The second kappa shape index (κ2) is 3.14. The van der Waals surface area contributed by atoms with Crippen LogP contribution in [0.1, 0.15) is 12.5 Å². The Morgan fingerprint density at radius 3 is 2.54 bits per heavy atom. The lowest BCUT2D eigenvalue weighted by Crippen LogP contribution is -2.75. The van der Waals surface area contributed by atoms with Crippen molar-refractivity contribution in [1.82, 2.24) is 0 Å². The third kappa shape index (κ3) is 1.67. The van der Waals surface area contributed by atoms with Crippen LogP contribution in [0.25, 0.3) is 0 Å². The number of rotatable bonds is 2. The summed E-state index contributed by atoms with van der Waals surface area (Å²) >= 11 is 0. The Kier molecular flexibility index (Phi) is 2.34. The molecule has 1 aromatic rings. The minimum absolute atomic E-state index is 0.0370. The molecule has 4 heteroatoms. The first-order valence-corrected chi connectivity index (χ1v) is 3.78. The van der Waals surface area contributed by atoms with Crippen molar-refractivity contribution in [1.29, 1.82) is 0 Å². The predicted molar refractivity (Wildman–Crippen MR) is 41.6 cm³/mol. The average molecular weight is 183 g/mol. The van der Waals surface area contributed by atoms with E-state index in [1.54, 1.807) is 6.07 Å². The van der Waals surface area contributed by atoms with Gasteiger partial charge in [-0.25, -0.2) is 4.39 Å². The van der Waals surface area contributed by atoms with Crippen LogP contribution in [0.4, 0.5) is 4.39 Å². The number of carboxylic acid groups (broad SMARTS) is 1. The van der Waals surface area contributed by atoms with E-state index in [1.807, 2.05) is 0 Å². The van der Waals surface area contributed by atoms with Gasteiger partial charge < -0.3 is 15.6 Å². The van der Waals surface area contributed by atoms with Crippen molar-refractivity contribution in [3.05, 3.63) is 35.6 Å². The first-order valence-electron chi connectivity index (χ1n) is 3.78. The normalized spacial score (nSPS) is 15.0. The quantitative estimate of drug-likeness (QED) is 0.641. The molecule has 0 aliphatic rings. The standard InChI is InChI=1S/C9H10FNO2/c1-9(11,8(12)13)6-4-2-3-5-7(6)10/h2-5H,11H2,1H3,(H,12,13)/t9-/m0/s1. The van der Waals surface area contributed by atoms with Crippen LogP contribution in [0.2, 0.25) is 0 Å². The lowest BCUT2D eigenvalue weighted by Gasteiger charge is -2.22. The van der Waals surface area contributed by atoms with Gasteiger partial charge in [0.25, 0.3) is 0 Å². The molecule has 1 aromatic carbocycles. The molecule has 3 nitrogen and oxygen atoms in total. The third-order valence-corrected chi connectivity index (χ3v) is 1.92. The van der Waals surface area contributed by atoms with Gasteiger partial charge in [-0.15, -0.1) is 0 Å². The van der Waals surface area contributed by atoms with E-state index in [4.69, 9.17) is 0 Å². The number of hydrogen-bond donors (Lipinski definition) is 1. The van der Waals surface area contributed by atoms with Crippen molar-refractivity contribution in [3.8, 4) is 0 Å². The monoisotopic (exact) mass is 183 g/mol. The van der Waals surface area contributed by atoms with Gasteiger partial charge >= 0.3 is 0 Å². The van der Waals surface area contributed by atoms with Crippen LogP contribution in [-0.4, -0.2) is 5.97 Å². The van der Waals surface area contributed by atoms with Crippen LogP contribution >= 0.6 is 0 Å². The van der Waals surface area contributed by atoms with E-state index in [2.05, 4.69) is 5.73 Å². The van der Waals surface area contributed by atoms with Crippen molar-refractivity contribution < 1.29 is 20.0 Å². The molecule has 0 aliphatic carbocycles. The number of carbonyl (C=O) groups excluding carboxylic acids is 1. The Hall–Kier alpha value is -1.42. The van der Waals surface area contributed by atoms with Gasteiger partial charge in [0.15, 0.2) is 5.54 Å². The molecule has 0 bridgehead atoms. The summed E-state index contributed by atoms with van der Waals surface area (Å²) in [6.07, 6.45) is 0. The van der Waals surface area contributed by atoms with E-state index in [9.17, 15) is 14.3 Å². The molecule has 0 aliphatic heterocycles. The largest absolute Gasteiger partial charge is 0.543 e. The van der Waals surface area contributed by atoms with Crippen molar-refractivity contribution >= 4 is 5.97 Å². The van der Waals surface area contributed by atoms with Crippen LogP contribution in [0.3, 0.4) is 0 Å². The van der Waals surface area contributed by atoms with Gasteiger partial charge in [-0.2, -0.15) is 0 Å². The maximum atomic E-state index is 13.1. The van der Waals surface area contributed by atoms with E-state index >= 15 is 0 Å². The molecule has 0 fully saturated rings. The number of quaternary nitrogens is 1. The first-order chi connectivity index (χ1) is 5.96. The zero-order valence-corrected chi connectivity index (χ0v) is 7.21. The lowest BCUT2D eigenvalue weighted by molar-refractivity contribution is -0.490. The highest BCUT2D eigenvalue weighted by molar-refractivity contribution is 5.76. The Balaban J connectivity index is 3.22. The molecule has 0 spiro atoms. The molecule has 0 saturated carbocycles. The summed E-state index contributed by atoms with van der Waals surface area (Å²) in [5.74, 6) is -1.97. The Bertz CT molecular complexity index is 336. The lowest BCUT2D eigenvalue weighted by atomic mass is 9.93. The smallest absolute Gasteiger partial charge is 0.160 e. The highest BCUT2D eigenvalue weighted by atomic mass is 19.1. The number of benzene rings is 1. The van der Waals surface area contributed by atoms with Crippen LogP contribution in [0, 0.1) is 5.82 Å². The van der Waals surface area contributed by atoms with E-state index in [-0.39, 0.29) is 5.56 Å². The van der Waals surface area contributed by atoms with Gasteiger partial charge in [0.2, 0.25) is 0 Å². The number of carboxylic acids is 1. The molecule has 13 heavy (non-hydrogen) atoms. The summed E-state index contributed by atoms with van der Waals surface area (Å²) in [5, 5.41) is 10.6. The number of carbonyl (C=O) groups is 1. The van der Waals surface area contributed by atoms with Crippen molar-refractivity contribution in [2.45, 2.75) is 12.5 Å². The topological polar surface area (TPSA) is 67.8 Å². The van der Waals surface area contributed by atoms with E-state index < -0.39 is 17.3 Å². The molecule has 0 unspecified atom stereocenters. The summed E-state index contributed by atoms with van der Waals surface area (Å²) in [7, 11) is 0. The molecule has 70 valence electrons. The predicted octanol–water partition coefficient (Wildman–Crippen LogP) is -0.967. The zero-order chi connectivity index (χ0) is 10.1. The summed E-state index contributed by atoms with van der Waals surface area (Å²) in [4.78, 5) is 10.6. The number of hydrogen-bond acceptors (Lipinski definition) is 2. The molecule has 0 amide bonds. The summed E-state index contributed by atoms with van der Waals surface area (Å²) in [5.41, 5.74) is 1.90. The van der Waals surface area contributed by atoms with E-state index in [1.165, 1.54) is 25.1 Å². The SMILES string of the molecule is C[C@@]([NH3+])(C(=O)[O-])c1ccccc1F. The first kappa shape index (κ1) is 9.67. The molecule has 0 saturated heterocycles. The summed E-state index contributed by atoms with van der Waals surface area (Å²) in [6, 6.07) is 5.63. The second-order valence-electron chi connectivity index (χ2n) is 3.10. The fourth-order valence-corrected chi connectivity index (χ4v) is 1.02. The Morgan fingerprint density at radius 2 is 2.08 bits per heavy atom. The maximum Gasteiger partial charge on any atom is 0.160 e. The molecule has 0 heterocycles. The highest BCUT2D eigenvalue weighted by Gasteiger charge is 2.30. The second-order valence-corrected chi connectivity index (χ2v) is 3.10. The number of aliphatic carboxylic acids is 1. The van der Waals surface area contributed by atoms with Gasteiger partial charge in [0, 0.05) is 6.92 Å². The maximum absolute atomic E-state index is 13.1. The molecular formula is C9H10FNO2. The minimum Gasteiger partial charge on any atom is -0.543 e. The van der Waals surface area contributed by atoms with Gasteiger partial charge in [-0.05, 0) is 12.1 Å². The third-order valence-electron chi connectivity index (χ3n) is 1.92. The fraction of sp³-hybridized carbons (Fsp3) is 0.222. The van der Waals surface area contributed by atoms with Crippen molar-refractivity contribution in [3.63, 3.8) is 0 Å². The fourth-order valence-electron chi connectivity index (χ4n) is 1.02. The van der Waals surface area contributed by atoms with Crippen molar-refractivity contribution in [2.75, 3.05) is 0 Å². The molecule has 1 rings (SSSR count). The molecule has 0 radical (unpaired) electrons. The van der Waals surface area contributed by atoms with Crippen LogP contribution in [0.5, 0.6) is 0 Å². The minimum atomic E-state index is -1.54. The highest BCUT2D eigenvalue weighted by Crippen LogP contribution is 2.17.